The van der Waals surface area contributed by atoms with Crippen molar-refractivity contribution in [3.05, 3.63) is 11.6 Å². The van der Waals surface area contributed by atoms with Gasteiger partial charge in [-0.1, -0.05) is 26.3 Å². The number of rotatable bonds is 3. The SMILES string of the molecule is CCOC(=O)/C=C(/C)CC(C)(C)C. The Bertz CT molecular complexity index is 197. The highest BCUT2D eigenvalue weighted by molar-refractivity contribution is 5.82. The molecule has 0 spiro atoms. The topological polar surface area (TPSA) is 26.3 Å². The number of carbonyl (C=O) groups excluding carboxylic acids is 1. The van der Waals surface area contributed by atoms with Crippen molar-refractivity contribution in [2.75, 3.05) is 6.61 Å². The molecule has 0 unspecified atom stereocenters. The summed E-state index contributed by atoms with van der Waals surface area (Å²) < 4.78 is 4.81. The lowest BCUT2D eigenvalue weighted by Crippen LogP contribution is -2.07. The van der Waals surface area contributed by atoms with Gasteiger partial charge in [0.25, 0.3) is 0 Å². The Morgan fingerprint density at radius 1 is 1.38 bits per heavy atom. The van der Waals surface area contributed by atoms with Crippen LogP contribution in [0.15, 0.2) is 11.6 Å². The van der Waals surface area contributed by atoms with Crippen molar-refractivity contribution in [3.8, 4) is 0 Å². The summed E-state index contributed by atoms with van der Waals surface area (Å²) >= 11 is 0. The molecule has 0 aromatic rings. The molecule has 0 heterocycles. The number of allylic oxidation sites excluding steroid dienone is 1. The minimum atomic E-state index is -0.232. The van der Waals surface area contributed by atoms with E-state index in [1.165, 1.54) is 0 Å². The van der Waals surface area contributed by atoms with Gasteiger partial charge in [0.2, 0.25) is 0 Å². The Hall–Kier alpha value is -0.790. The first-order valence-electron chi connectivity index (χ1n) is 4.69. The third-order valence-corrected chi connectivity index (χ3v) is 1.46. The van der Waals surface area contributed by atoms with Crippen LogP contribution in [0, 0.1) is 5.41 Å². The number of hydrogen-bond donors (Lipinski definition) is 0. The molecule has 0 saturated heterocycles. The maximum absolute atomic E-state index is 11.0. The first-order valence-corrected chi connectivity index (χ1v) is 4.69. The second-order valence-corrected chi connectivity index (χ2v) is 4.48. The van der Waals surface area contributed by atoms with Gasteiger partial charge in [0.15, 0.2) is 0 Å². The van der Waals surface area contributed by atoms with Gasteiger partial charge in [-0.3, -0.25) is 0 Å². The lowest BCUT2D eigenvalue weighted by Gasteiger charge is -2.17. The first kappa shape index (κ1) is 12.2. The van der Waals surface area contributed by atoms with Gasteiger partial charge in [-0.05, 0) is 25.7 Å². The van der Waals surface area contributed by atoms with Crippen LogP contribution >= 0.6 is 0 Å². The van der Waals surface area contributed by atoms with E-state index in [1.807, 2.05) is 13.8 Å². The number of esters is 1. The second-order valence-electron chi connectivity index (χ2n) is 4.48. The van der Waals surface area contributed by atoms with E-state index >= 15 is 0 Å². The van der Waals surface area contributed by atoms with Gasteiger partial charge in [-0.15, -0.1) is 0 Å². The fraction of sp³-hybridized carbons (Fsp3) is 0.727. The summed E-state index contributed by atoms with van der Waals surface area (Å²) in [7, 11) is 0. The number of ether oxygens (including phenoxy) is 1. The zero-order valence-electron chi connectivity index (χ0n) is 9.31. The summed E-state index contributed by atoms with van der Waals surface area (Å²) in [5.74, 6) is -0.232. The molecule has 0 aromatic carbocycles. The average molecular weight is 184 g/mol. The van der Waals surface area contributed by atoms with Crippen molar-refractivity contribution in [2.24, 2.45) is 5.41 Å². The standard InChI is InChI=1S/C11H20O2/c1-6-13-10(12)7-9(2)8-11(3,4)5/h7H,6,8H2,1-5H3/b9-7-. The molecule has 0 bridgehead atoms. The van der Waals surface area contributed by atoms with Gasteiger partial charge < -0.3 is 4.74 Å². The van der Waals surface area contributed by atoms with Crippen LogP contribution in [-0.2, 0) is 9.53 Å². The van der Waals surface area contributed by atoms with Crippen molar-refractivity contribution in [1.29, 1.82) is 0 Å². The predicted octanol–water partition coefficient (Wildman–Crippen LogP) is 2.93. The molecule has 76 valence electrons. The Morgan fingerprint density at radius 3 is 2.31 bits per heavy atom. The summed E-state index contributed by atoms with van der Waals surface area (Å²) in [6, 6.07) is 0. The molecule has 0 aliphatic rings. The molecule has 0 radical (unpaired) electrons. The molecule has 13 heavy (non-hydrogen) atoms. The summed E-state index contributed by atoms with van der Waals surface area (Å²) in [5, 5.41) is 0. The molecule has 2 nitrogen and oxygen atoms in total. The molecule has 0 aliphatic heterocycles. The fourth-order valence-corrected chi connectivity index (χ4v) is 1.27. The Balaban J connectivity index is 4.09. The van der Waals surface area contributed by atoms with Crippen LogP contribution in [-0.4, -0.2) is 12.6 Å². The largest absolute Gasteiger partial charge is 0.463 e. The lowest BCUT2D eigenvalue weighted by molar-refractivity contribution is -0.137. The Kier molecular flexibility index (Phi) is 4.74. The molecular formula is C11H20O2. The maximum Gasteiger partial charge on any atom is 0.330 e. The molecule has 2 heteroatoms. The van der Waals surface area contributed by atoms with Crippen LogP contribution in [0.3, 0.4) is 0 Å². The van der Waals surface area contributed by atoms with Gasteiger partial charge >= 0.3 is 5.97 Å². The van der Waals surface area contributed by atoms with Crippen LogP contribution in [0.25, 0.3) is 0 Å². The van der Waals surface area contributed by atoms with Gasteiger partial charge in [0.1, 0.15) is 0 Å². The lowest BCUT2D eigenvalue weighted by atomic mass is 9.88. The van der Waals surface area contributed by atoms with Crippen molar-refractivity contribution in [1.82, 2.24) is 0 Å². The van der Waals surface area contributed by atoms with Crippen LogP contribution in [0.5, 0.6) is 0 Å². The Morgan fingerprint density at radius 2 is 1.92 bits per heavy atom. The minimum Gasteiger partial charge on any atom is -0.463 e. The van der Waals surface area contributed by atoms with Crippen LogP contribution in [0.4, 0.5) is 0 Å². The number of hydrogen-bond acceptors (Lipinski definition) is 2. The normalized spacial score (nSPS) is 12.8. The highest BCUT2D eigenvalue weighted by atomic mass is 16.5. The van der Waals surface area contributed by atoms with Gasteiger partial charge in [0.05, 0.1) is 6.61 Å². The van der Waals surface area contributed by atoms with Gasteiger partial charge in [-0.2, -0.15) is 0 Å². The zero-order valence-corrected chi connectivity index (χ0v) is 9.31. The van der Waals surface area contributed by atoms with Crippen molar-refractivity contribution >= 4 is 5.97 Å². The third kappa shape index (κ3) is 7.57. The summed E-state index contributed by atoms with van der Waals surface area (Å²) in [5.41, 5.74) is 1.30. The maximum atomic E-state index is 11.0. The highest BCUT2D eigenvalue weighted by Gasteiger charge is 2.11. The zero-order chi connectivity index (χ0) is 10.5. The summed E-state index contributed by atoms with van der Waals surface area (Å²) in [6.45, 7) is 10.7. The van der Waals surface area contributed by atoms with Crippen LogP contribution < -0.4 is 0 Å². The molecule has 0 amide bonds. The Labute approximate surface area is 81.0 Å². The molecular weight excluding hydrogens is 164 g/mol. The smallest absolute Gasteiger partial charge is 0.330 e. The first-order chi connectivity index (χ1) is 5.85. The quantitative estimate of drug-likeness (QED) is 0.498. The second kappa shape index (κ2) is 5.05. The van der Waals surface area contributed by atoms with E-state index in [9.17, 15) is 4.79 Å². The molecule has 0 fully saturated rings. The van der Waals surface area contributed by atoms with Gasteiger partial charge in [-0.25, -0.2) is 4.79 Å². The summed E-state index contributed by atoms with van der Waals surface area (Å²) in [6.07, 6.45) is 2.50. The van der Waals surface area contributed by atoms with E-state index in [1.54, 1.807) is 6.08 Å². The van der Waals surface area contributed by atoms with E-state index in [0.717, 1.165) is 12.0 Å². The van der Waals surface area contributed by atoms with Crippen molar-refractivity contribution in [2.45, 2.75) is 41.0 Å². The highest BCUT2D eigenvalue weighted by Crippen LogP contribution is 2.23. The molecule has 0 aliphatic carbocycles. The number of carbonyl (C=O) groups is 1. The average Bonchev–Trinajstić information content (AvgIpc) is 1.81. The van der Waals surface area contributed by atoms with Gasteiger partial charge in [0, 0.05) is 6.08 Å². The molecule has 0 saturated carbocycles. The molecule has 0 N–H and O–H groups in total. The molecule has 0 rings (SSSR count). The minimum absolute atomic E-state index is 0.229. The monoisotopic (exact) mass is 184 g/mol. The summed E-state index contributed by atoms with van der Waals surface area (Å²) in [4.78, 5) is 11.0. The third-order valence-electron chi connectivity index (χ3n) is 1.46. The van der Waals surface area contributed by atoms with Crippen molar-refractivity contribution in [3.63, 3.8) is 0 Å². The van der Waals surface area contributed by atoms with E-state index in [4.69, 9.17) is 4.74 Å². The van der Waals surface area contributed by atoms with E-state index in [-0.39, 0.29) is 11.4 Å². The van der Waals surface area contributed by atoms with E-state index in [0.29, 0.717) is 6.61 Å². The van der Waals surface area contributed by atoms with Crippen LogP contribution in [0.2, 0.25) is 0 Å². The van der Waals surface area contributed by atoms with E-state index < -0.39 is 0 Å². The fourth-order valence-electron chi connectivity index (χ4n) is 1.27. The molecule has 0 atom stereocenters. The van der Waals surface area contributed by atoms with Crippen LogP contribution in [0.1, 0.15) is 41.0 Å². The van der Waals surface area contributed by atoms with E-state index in [2.05, 4.69) is 20.8 Å². The van der Waals surface area contributed by atoms with Crippen molar-refractivity contribution < 1.29 is 9.53 Å². The predicted molar refractivity (Wildman–Crippen MR) is 54.5 cm³/mol. The molecule has 0 aromatic heterocycles.